The van der Waals surface area contributed by atoms with E-state index in [1.54, 1.807) is 6.92 Å². The van der Waals surface area contributed by atoms with E-state index < -0.39 is 6.09 Å². The van der Waals surface area contributed by atoms with Crippen molar-refractivity contribution in [2.45, 2.75) is 20.3 Å². The number of hydrogen-bond donors (Lipinski definition) is 2. The molecule has 0 atom stereocenters. The molecular formula is C14H18N2O2. The summed E-state index contributed by atoms with van der Waals surface area (Å²) >= 11 is 0. The average Bonchev–Trinajstić information content (AvgIpc) is 2.35. The van der Waals surface area contributed by atoms with Crippen LogP contribution < -0.4 is 10.9 Å². The van der Waals surface area contributed by atoms with E-state index in [9.17, 15) is 4.79 Å². The molecule has 18 heavy (non-hydrogen) atoms. The average molecular weight is 246 g/mol. The number of aryl methyl sites for hydroxylation is 1. The first-order chi connectivity index (χ1) is 8.72. The lowest BCUT2D eigenvalue weighted by molar-refractivity contribution is 0.143. The highest BCUT2D eigenvalue weighted by atomic mass is 16.6. The van der Waals surface area contributed by atoms with Crippen molar-refractivity contribution >= 4 is 6.09 Å². The third-order valence-corrected chi connectivity index (χ3v) is 2.25. The van der Waals surface area contributed by atoms with Crippen LogP contribution in [0.4, 0.5) is 4.79 Å². The van der Waals surface area contributed by atoms with E-state index in [4.69, 9.17) is 4.74 Å². The minimum atomic E-state index is -0.486. The molecule has 0 aliphatic carbocycles. The number of ether oxygens (including phenoxy) is 1. The van der Waals surface area contributed by atoms with Gasteiger partial charge < -0.3 is 4.74 Å². The van der Waals surface area contributed by atoms with Gasteiger partial charge in [-0.15, -0.1) is 5.92 Å². The summed E-state index contributed by atoms with van der Waals surface area (Å²) in [7, 11) is 0. The van der Waals surface area contributed by atoms with Crippen LogP contribution in [0.2, 0.25) is 0 Å². The first kappa shape index (κ1) is 14.1. The second-order valence-corrected chi connectivity index (χ2v) is 3.78. The van der Waals surface area contributed by atoms with Gasteiger partial charge in [0, 0.05) is 6.42 Å². The number of carbonyl (C=O) groups is 1. The third kappa shape index (κ3) is 5.92. The Balaban J connectivity index is 2.16. The predicted octanol–water partition coefficient (Wildman–Crippen LogP) is 1.79. The zero-order valence-electron chi connectivity index (χ0n) is 10.7. The fourth-order valence-electron chi connectivity index (χ4n) is 1.41. The Labute approximate surface area is 108 Å². The smallest absolute Gasteiger partial charge is 0.421 e. The Kier molecular flexibility index (Phi) is 6.37. The minimum Gasteiger partial charge on any atom is -0.448 e. The molecule has 0 heterocycles. The molecule has 1 aromatic rings. The maximum atomic E-state index is 11.2. The van der Waals surface area contributed by atoms with Crippen LogP contribution in [0.5, 0.6) is 0 Å². The molecule has 1 rings (SSSR count). The van der Waals surface area contributed by atoms with Gasteiger partial charge in [0.05, 0.1) is 13.2 Å². The molecule has 0 aliphatic rings. The summed E-state index contributed by atoms with van der Waals surface area (Å²) in [5.41, 5.74) is 7.41. The lowest BCUT2D eigenvalue weighted by atomic mass is 10.1. The van der Waals surface area contributed by atoms with Crippen molar-refractivity contribution < 1.29 is 9.53 Å². The Bertz CT molecular complexity index is 447. The summed E-state index contributed by atoms with van der Waals surface area (Å²) in [6.07, 6.45) is 0.227. The van der Waals surface area contributed by atoms with Gasteiger partial charge >= 0.3 is 6.09 Å². The largest absolute Gasteiger partial charge is 0.448 e. The van der Waals surface area contributed by atoms with E-state index in [1.807, 2.05) is 25.1 Å². The zero-order chi connectivity index (χ0) is 13.2. The molecule has 0 bridgehead atoms. The monoisotopic (exact) mass is 246 g/mol. The standard InChI is InChI=1S/C14H18N2O2/c1-3-4-9-15-16-14(17)18-10-8-13-7-5-6-12(2)11-13/h5-7,11,15H,8-10H2,1-2H3,(H,16,17). The Morgan fingerprint density at radius 3 is 3.00 bits per heavy atom. The van der Waals surface area contributed by atoms with Crippen molar-refractivity contribution in [3.8, 4) is 11.8 Å². The quantitative estimate of drug-likeness (QED) is 0.473. The number of amides is 1. The first-order valence-corrected chi connectivity index (χ1v) is 5.83. The van der Waals surface area contributed by atoms with Crippen molar-refractivity contribution in [3.63, 3.8) is 0 Å². The second-order valence-electron chi connectivity index (χ2n) is 3.78. The number of rotatable bonds is 5. The van der Waals surface area contributed by atoms with Gasteiger partial charge in [0.25, 0.3) is 0 Å². The number of carbonyl (C=O) groups excluding carboxylic acids is 1. The van der Waals surface area contributed by atoms with Gasteiger partial charge in [0.1, 0.15) is 0 Å². The van der Waals surface area contributed by atoms with Gasteiger partial charge in [0.2, 0.25) is 0 Å². The maximum absolute atomic E-state index is 11.2. The molecule has 0 saturated heterocycles. The molecule has 0 aromatic heterocycles. The topological polar surface area (TPSA) is 50.4 Å². The molecule has 0 radical (unpaired) electrons. The lowest BCUT2D eigenvalue weighted by Gasteiger charge is -2.06. The fourth-order valence-corrected chi connectivity index (χ4v) is 1.41. The highest BCUT2D eigenvalue weighted by Gasteiger charge is 2.00. The maximum Gasteiger partial charge on any atom is 0.421 e. The van der Waals surface area contributed by atoms with Crippen LogP contribution in [0, 0.1) is 18.8 Å². The van der Waals surface area contributed by atoms with Crippen LogP contribution in [-0.4, -0.2) is 19.2 Å². The molecule has 0 saturated carbocycles. The zero-order valence-corrected chi connectivity index (χ0v) is 10.7. The van der Waals surface area contributed by atoms with Gasteiger partial charge in [-0.05, 0) is 19.4 Å². The van der Waals surface area contributed by atoms with Crippen molar-refractivity contribution in [1.29, 1.82) is 0 Å². The van der Waals surface area contributed by atoms with Crippen LogP contribution >= 0.6 is 0 Å². The van der Waals surface area contributed by atoms with E-state index in [2.05, 4.69) is 28.8 Å². The Morgan fingerprint density at radius 2 is 2.28 bits per heavy atom. The van der Waals surface area contributed by atoms with E-state index in [0.29, 0.717) is 19.6 Å². The molecule has 0 spiro atoms. The van der Waals surface area contributed by atoms with Crippen molar-refractivity contribution in [2.75, 3.05) is 13.2 Å². The summed E-state index contributed by atoms with van der Waals surface area (Å²) in [4.78, 5) is 11.2. The fraction of sp³-hybridized carbons (Fsp3) is 0.357. The number of hydrogen-bond acceptors (Lipinski definition) is 3. The minimum absolute atomic E-state index is 0.358. The molecule has 0 fully saturated rings. The van der Waals surface area contributed by atoms with E-state index >= 15 is 0 Å². The second kappa shape index (κ2) is 8.15. The Hall–Kier alpha value is -1.99. The van der Waals surface area contributed by atoms with Crippen molar-refractivity contribution in [2.24, 2.45) is 0 Å². The van der Waals surface area contributed by atoms with Crippen molar-refractivity contribution in [1.82, 2.24) is 10.9 Å². The predicted molar refractivity (Wildman–Crippen MR) is 70.8 cm³/mol. The SMILES string of the molecule is CC#CCNNC(=O)OCCc1cccc(C)c1. The van der Waals surface area contributed by atoms with E-state index in [-0.39, 0.29) is 0 Å². The molecule has 1 amide bonds. The molecule has 1 aromatic carbocycles. The summed E-state index contributed by atoms with van der Waals surface area (Å²) in [6, 6.07) is 8.13. The number of nitrogens with one attached hydrogen (secondary N) is 2. The van der Waals surface area contributed by atoms with Crippen molar-refractivity contribution in [3.05, 3.63) is 35.4 Å². The van der Waals surface area contributed by atoms with Gasteiger partial charge in [-0.3, -0.25) is 5.43 Å². The highest BCUT2D eigenvalue weighted by Crippen LogP contribution is 2.04. The van der Waals surface area contributed by atoms with E-state index in [0.717, 1.165) is 5.56 Å². The normalized spacial score (nSPS) is 9.22. The molecule has 4 nitrogen and oxygen atoms in total. The van der Waals surface area contributed by atoms with E-state index in [1.165, 1.54) is 5.56 Å². The molecule has 0 aliphatic heterocycles. The lowest BCUT2D eigenvalue weighted by Crippen LogP contribution is -2.38. The molecule has 4 heteroatoms. The van der Waals surface area contributed by atoms with Crippen LogP contribution in [0.15, 0.2) is 24.3 Å². The summed E-state index contributed by atoms with van der Waals surface area (Å²) in [6.45, 7) is 4.54. The molecule has 0 unspecified atom stereocenters. The van der Waals surface area contributed by atoms with Crippen LogP contribution in [-0.2, 0) is 11.2 Å². The van der Waals surface area contributed by atoms with Gasteiger partial charge in [0.15, 0.2) is 0 Å². The summed E-state index contributed by atoms with van der Waals surface area (Å²) < 4.78 is 5.01. The Morgan fingerprint density at radius 1 is 1.44 bits per heavy atom. The number of benzene rings is 1. The third-order valence-electron chi connectivity index (χ3n) is 2.25. The van der Waals surface area contributed by atoms with Gasteiger partial charge in [-0.2, -0.15) is 0 Å². The van der Waals surface area contributed by atoms with Gasteiger partial charge in [-0.25, -0.2) is 10.2 Å². The summed E-state index contributed by atoms with van der Waals surface area (Å²) in [5.74, 6) is 5.47. The first-order valence-electron chi connectivity index (χ1n) is 5.83. The van der Waals surface area contributed by atoms with Crippen LogP contribution in [0.3, 0.4) is 0 Å². The van der Waals surface area contributed by atoms with Crippen LogP contribution in [0.1, 0.15) is 18.1 Å². The highest BCUT2D eigenvalue weighted by molar-refractivity contribution is 5.66. The van der Waals surface area contributed by atoms with Crippen LogP contribution in [0.25, 0.3) is 0 Å². The van der Waals surface area contributed by atoms with Gasteiger partial charge in [-0.1, -0.05) is 35.7 Å². The molecule has 2 N–H and O–H groups in total. The number of hydrazine groups is 1. The summed E-state index contributed by atoms with van der Waals surface area (Å²) in [5, 5.41) is 0. The molecule has 96 valence electrons. The molecular weight excluding hydrogens is 228 g/mol.